The van der Waals surface area contributed by atoms with Crippen molar-refractivity contribution in [2.45, 2.75) is 25.3 Å². The minimum Gasteiger partial charge on any atom is -0.486 e. The third kappa shape index (κ3) is 4.19. The predicted molar refractivity (Wildman–Crippen MR) is 90.5 cm³/mol. The van der Waals surface area contributed by atoms with Crippen molar-refractivity contribution < 1.29 is 19.0 Å². The summed E-state index contributed by atoms with van der Waals surface area (Å²) in [6.07, 6.45) is 3.01. The first kappa shape index (κ1) is 17.0. The molecular formula is C18H26N2O4. The number of rotatable bonds is 7. The Morgan fingerprint density at radius 2 is 2.17 bits per heavy atom. The highest BCUT2D eigenvalue weighted by Crippen LogP contribution is 2.37. The van der Waals surface area contributed by atoms with Crippen molar-refractivity contribution in [3.63, 3.8) is 0 Å². The van der Waals surface area contributed by atoms with Gasteiger partial charge in [-0.3, -0.25) is 9.69 Å². The SMILES string of the molecule is COCCCNC(=O)CN1CCC[C@@H]1c1ccc2c(c1)OCCO2. The molecule has 0 spiro atoms. The van der Waals surface area contributed by atoms with E-state index in [9.17, 15) is 4.79 Å². The molecule has 3 rings (SSSR count). The molecule has 2 aliphatic rings. The first-order valence-electron chi connectivity index (χ1n) is 8.67. The summed E-state index contributed by atoms with van der Waals surface area (Å²) in [6.45, 7) is 3.91. The Morgan fingerprint density at radius 3 is 3.00 bits per heavy atom. The smallest absolute Gasteiger partial charge is 0.234 e. The van der Waals surface area contributed by atoms with Gasteiger partial charge in [-0.2, -0.15) is 0 Å². The van der Waals surface area contributed by atoms with Crippen LogP contribution in [0.25, 0.3) is 0 Å². The van der Waals surface area contributed by atoms with E-state index in [1.54, 1.807) is 7.11 Å². The van der Waals surface area contributed by atoms with Crippen molar-refractivity contribution in [3.05, 3.63) is 23.8 Å². The molecule has 0 bridgehead atoms. The molecule has 0 saturated carbocycles. The molecule has 1 amide bonds. The molecule has 0 aromatic heterocycles. The fraction of sp³-hybridized carbons (Fsp3) is 0.611. The van der Waals surface area contributed by atoms with Gasteiger partial charge < -0.3 is 19.5 Å². The highest BCUT2D eigenvalue weighted by Gasteiger charge is 2.28. The largest absolute Gasteiger partial charge is 0.486 e. The Bertz CT molecular complexity index is 564. The second kappa shape index (κ2) is 8.35. The van der Waals surface area contributed by atoms with Gasteiger partial charge in [-0.25, -0.2) is 0 Å². The topological polar surface area (TPSA) is 60.0 Å². The maximum absolute atomic E-state index is 12.1. The molecule has 0 aliphatic carbocycles. The second-order valence-corrected chi connectivity index (χ2v) is 6.23. The lowest BCUT2D eigenvalue weighted by Gasteiger charge is -2.26. The van der Waals surface area contributed by atoms with E-state index in [1.165, 1.54) is 5.56 Å². The lowest BCUT2D eigenvalue weighted by Crippen LogP contribution is -2.37. The van der Waals surface area contributed by atoms with Gasteiger partial charge in [0.2, 0.25) is 5.91 Å². The number of hydrogen-bond acceptors (Lipinski definition) is 5. The van der Waals surface area contributed by atoms with E-state index in [-0.39, 0.29) is 11.9 Å². The summed E-state index contributed by atoms with van der Waals surface area (Å²) in [6, 6.07) is 6.40. The van der Waals surface area contributed by atoms with Gasteiger partial charge in [-0.15, -0.1) is 0 Å². The number of likely N-dealkylation sites (tertiary alicyclic amines) is 1. The third-order valence-corrected chi connectivity index (χ3v) is 4.51. The molecule has 0 radical (unpaired) electrons. The Morgan fingerprint density at radius 1 is 1.33 bits per heavy atom. The van der Waals surface area contributed by atoms with Crippen LogP contribution in [0.2, 0.25) is 0 Å². The summed E-state index contributed by atoms with van der Waals surface area (Å²) in [5.41, 5.74) is 1.20. The van der Waals surface area contributed by atoms with Crippen LogP contribution in [0.1, 0.15) is 30.9 Å². The highest BCUT2D eigenvalue weighted by atomic mass is 16.6. The van der Waals surface area contributed by atoms with Crippen LogP contribution in [-0.4, -0.2) is 57.4 Å². The van der Waals surface area contributed by atoms with Crippen LogP contribution in [-0.2, 0) is 9.53 Å². The zero-order chi connectivity index (χ0) is 16.8. The van der Waals surface area contributed by atoms with Crippen molar-refractivity contribution in [1.29, 1.82) is 0 Å². The lowest BCUT2D eigenvalue weighted by atomic mass is 10.0. The number of fused-ring (bicyclic) bond motifs is 1. The number of carbonyl (C=O) groups excluding carboxylic acids is 1. The quantitative estimate of drug-likeness (QED) is 0.770. The summed E-state index contributed by atoms with van der Waals surface area (Å²) in [5.74, 6) is 1.70. The maximum atomic E-state index is 12.1. The van der Waals surface area contributed by atoms with E-state index < -0.39 is 0 Å². The van der Waals surface area contributed by atoms with Crippen LogP contribution < -0.4 is 14.8 Å². The first-order valence-corrected chi connectivity index (χ1v) is 8.67. The van der Waals surface area contributed by atoms with Gasteiger partial charge in [-0.1, -0.05) is 6.07 Å². The van der Waals surface area contributed by atoms with Crippen LogP contribution in [0, 0.1) is 0 Å². The summed E-state index contributed by atoms with van der Waals surface area (Å²) < 4.78 is 16.3. The van der Waals surface area contributed by atoms with Crippen LogP contribution in [0.3, 0.4) is 0 Å². The van der Waals surface area contributed by atoms with Gasteiger partial charge in [0, 0.05) is 26.3 Å². The number of benzene rings is 1. The molecule has 2 heterocycles. The van der Waals surface area contributed by atoms with Crippen molar-refractivity contribution in [1.82, 2.24) is 10.2 Å². The second-order valence-electron chi connectivity index (χ2n) is 6.23. The minimum absolute atomic E-state index is 0.0792. The lowest BCUT2D eigenvalue weighted by molar-refractivity contribution is -0.122. The van der Waals surface area contributed by atoms with Gasteiger partial charge in [0.1, 0.15) is 13.2 Å². The van der Waals surface area contributed by atoms with Crippen molar-refractivity contribution in [2.75, 3.05) is 46.6 Å². The fourth-order valence-corrected chi connectivity index (χ4v) is 3.34. The van der Waals surface area contributed by atoms with E-state index >= 15 is 0 Å². The average molecular weight is 334 g/mol. The van der Waals surface area contributed by atoms with Crippen molar-refractivity contribution >= 4 is 5.91 Å². The fourth-order valence-electron chi connectivity index (χ4n) is 3.34. The van der Waals surface area contributed by atoms with Crippen LogP contribution in [0.4, 0.5) is 0 Å². The monoisotopic (exact) mass is 334 g/mol. The zero-order valence-electron chi connectivity index (χ0n) is 14.3. The number of nitrogens with zero attached hydrogens (tertiary/aromatic N) is 1. The third-order valence-electron chi connectivity index (χ3n) is 4.51. The molecule has 1 aromatic rings. The maximum Gasteiger partial charge on any atom is 0.234 e. The predicted octanol–water partition coefficient (Wildman–Crippen LogP) is 1.75. The number of amides is 1. The van der Waals surface area contributed by atoms with Crippen LogP contribution in [0.15, 0.2) is 18.2 Å². The molecule has 6 heteroatoms. The molecule has 1 saturated heterocycles. The molecule has 2 aliphatic heterocycles. The number of nitrogens with one attached hydrogen (secondary N) is 1. The molecule has 1 fully saturated rings. The zero-order valence-corrected chi connectivity index (χ0v) is 14.3. The number of methoxy groups -OCH3 is 1. The van der Waals surface area contributed by atoms with Gasteiger partial charge >= 0.3 is 0 Å². The summed E-state index contributed by atoms with van der Waals surface area (Å²) in [5, 5.41) is 2.96. The number of hydrogen-bond donors (Lipinski definition) is 1. The van der Waals surface area contributed by atoms with Gasteiger partial charge in [0.25, 0.3) is 0 Å². The molecule has 0 unspecified atom stereocenters. The molecule has 1 atom stereocenters. The van der Waals surface area contributed by atoms with E-state index in [0.717, 1.165) is 37.3 Å². The molecular weight excluding hydrogens is 308 g/mol. The normalized spacial score (nSPS) is 20.1. The number of ether oxygens (including phenoxy) is 3. The summed E-state index contributed by atoms with van der Waals surface area (Å²) in [7, 11) is 1.67. The molecule has 1 aromatic carbocycles. The van der Waals surface area contributed by atoms with Gasteiger partial charge in [0.05, 0.1) is 6.54 Å². The van der Waals surface area contributed by atoms with Gasteiger partial charge in [0.15, 0.2) is 11.5 Å². The first-order chi connectivity index (χ1) is 11.8. The van der Waals surface area contributed by atoms with Gasteiger partial charge in [-0.05, 0) is 43.5 Å². The Labute approximate surface area is 143 Å². The Hall–Kier alpha value is -1.79. The standard InChI is InChI=1S/C18H26N2O4/c1-22-9-3-7-19-18(21)13-20-8-2-4-15(20)14-5-6-16-17(12-14)24-11-10-23-16/h5-6,12,15H,2-4,7-11,13H2,1H3,(H,19,21)/t15-/m1/s1. The summed E-state index contributed by atoms with van der Waals surface area (Å²) in [4.78, 5) is 14.4. The van der Waals surface area contributed by atoms with Crippen LogP contribution in [0.5, 0.6) is 11.5 Å². The molecule has 1 N–H and O–H groups in total. The Balaban J connectivity index is 1.58. The van der Waals surface area contributed by atoms with Crippen LogP contribution >= 0.6 is 0 Å². The average Bonchev–Trinajstić information content (AvgIpc) is 3.06. The minimum atomic E-state index is 0.0792. The summed E-state index contributed by atoms with van der Waals surface area (Å²) >= 11 is 0. The number of carbonyl (C=O) groups is 1. The molecule has 24 heavy (non-hydrogen) atoms. The van der Waals surface area contributed by atoms with E-state index in [4.69, 9.17) is 14.2 Å². The van der Waals surface area contributed by atoms with E-state index in [2.05, 4.69) is 22.3 Å². The van der Waals surface area contributed by atoms with E-state index in [1.807, 2.05) is 6.07 Å². The molecule has 132 valence electrons. The van der Waals surface area contributed by atoms with Crippen molar-refractivity contribution in [2.24, 2.45) is 0 Å². The molecule has 6 nitrogen and oxygen atoms in total. The Kier molecular flexibility index (Phi) is 5.93. The van der Waals surface area contributed by atoms with Crippen molar-refractivity contribution in [3.8, 4) is 11.5 Å². The van der Waals surface area contributed by atoms with E-state index in [0.29, 0.717) is 32.9 Å². The highest BCUT2D eigenvalue weighted by molar-refractivity contribution is 5.78.